The molecule has 1 fully saturated rings. The van der Waals surface area contributed by atoms with Crippen LogP contribution in [0.3, 0.4) is 0 Å². The third-order valence-electron chi connectivity index (χ3n) is 3.01. The fraction of sp³-hybridized carbons (Fsp3) is 0.818. The van der Waals surface area contributed by atoms with Crippen molar-refractivity contribution in [3.05, 3.63) is 0 Å². The SMILES string of the molecule is COC(=O)C(C)C1CCC(=O)N1C(C)C. The lowest BCUT2D eigenvalue weighted by Gasteiger charge is -2.31. The highest BCUT2D eigenvalue weighted by Gasteiger charge is 2.39. The minimum atomic E-state index is -0.236. The molecule has 1 heterocycles. The van der Waals surface area contributed by atoms with Crippen molar-refractivity contribution in [2.45, 2.75) is 45.7 Å². The summed E-state index contributed by atoms with van der Waals surface area (Å²) >= 11 is 0. The third-order valence-corrected chi connectivity index (χ3v) is 3.01. The molecular formula is C11H19NO3. The van der Waals surface area contributed by atoms with E-state index in [0.717, 1.165) is 6.42 Å². The van der Waals surface area contributed by atoms with E-state index in [4.69, 9.17) is 4.74 Å². The molecule has 1 rings (SSSR count). The molecule has 1 aliphatic rings. The van der Waals surface area contributed by atoms with Crippen LogP contribution in [0.25, 0.3) is 0 Å². The summed E-state index contributed by atoms with van der Waals surface area (Å²) in [7, 11) is 1.38. The molecule has 15 heavy (non-hydrogen) atoms. The van der Waals surface area contributed by atoms with E-state index in [9.17, 15) is 9.59 Å². The molecular weight excluding hydrogens is 194 g/mol. The van der Waals surface area contributed by atoms with Gasteiger partial charge < -0.3 is 9.64 Å². The van der Waals surface area contributed by atoms with Gasteiger partial charge in [0.05, 0.1) is 13.0 Å². The van der Waals surface area contributed by atoms with Crippen LogP contribution in [0, 0.1) is 5.92 Å². The first-order chi connectivity index (χ1) is 6.99. The van der Waals surface area contributed by atoms with Crippen molar-refractivity contribution in [1.29, 1.82) is 0 Å². The highest BCUT2D eigenvalue weighted by Crippen LogP contribution is 2.27. The highest BCUT2D eigenvalue weighted by molar-refractivity contribution is 5.81. The number of likely N-dealkylation sites (tertiary alicyclic amines) is 1. The summed E-state index contributed by atoms with van der Waals surface area (Å²) < 4.78 is 4.71. The van der Waals surface area contributed by atoms with Gasteiger partial charge in [-0.05, 0) is 27.2 Å². The lowest BCUT2D eigenvalue weighted by molar-refractivity contribution is -0.148. The molecule has 0 radical (unpaired) electrons. The minimum Gasteiger partial charge on any atom is -0.469 e. The predicted molar refractivity (Wildman–Crippen MR) is 56.2 cm³/mol. The van der Waals surface area contributed by atoms with Gasteiger partial charge in [-0.25, -0.2) is 0 Å². The Morgan fingerprint density at radius 3 is 2.53 bits per heavy atom. The van der Waals surface area contributed by atoms with E-state index in [1.54, 1.807) is 0 Å². The van der Waals surface area contributed by atoms with E-state index in [0.29, 0.717) is 6.42 Å². The van der Waals surface area contributed by atoms with E-state index < -0.39 is 0 Å². The fourth-order valence-corrected chi connectivity index (χ4v) is 2.23. The largest absolute Gasteiger partial charge is 0.469 e. The second-order valence-electron chi connectivity index (χ2n) is 4.31. The molecule has 2 unspecified atom stereocenters. The zero-order chi connectivity index (χ0) is 11.6. The Morgan fingerprint density at radius 2 is 2.07 bits per heavy atom. The van der Waals surface area contributed by atoms with Gasteiger partial charge in [0.2, 0.25) is 5.91 Å². The van der Waals surface area contributed by atoms with Gasteiger partial charge in [0, 0.05) is 18.5 Å². The normalized spacial score (nSPS) is 23.4. The number of carbonyl (C=O) groups excluding carboxylic acids is 2. The van der Waals surface area contributed by atoms with E-state index in [2.05, 4.69) is 0 Å². The van der Waals surface area contributed by atoms with Crippen LogP contribution in [0.5, 0.6) is 0 Å². The van der Waals surface area contributed by atoms with Crippen LogP contribution < -0.4 is 0 Å². The Morgan fingerprint density at radius 1 is 1.47 bits per heavy atom. The Kier molecular flexibility index (Phi) is 3.72. The number of rotatable bonds is 3. The standard InChI is InChI=1S/C11H19NO3/c1-7(2)12-9(5-6-10(12)13)8(3)11(14)15-4/h7-9H,5-6H2,1-4H3. The summed E-state index contributed by atoms with van der Waals surface area (Å²) in [4.78, 5) is 24.8. The molecule has 1 aliphatic heterocycles. The molecule has 0 N–H and O–H groups in total. The molecule has 1 saturated heterocycles. The summed E-state index contributed by atoms with van der Waals surface area (Å²) in [6.07, 6.45) is 1.30. The van der Waals surface area contributed by atoms with Crippen molar-refractivity contribution in [3.8, 4) is 0 Å². The molecule has 0 bridgehead atoms. The second-order valence-corrected chi connectivity index (χ2v) is 4.31. The van der Waals surface area contributed by atoms with Crippen LogP contribution in [-0.2, 0) is 14.3 Å². The van der Waals surface area contributed by atoms with Crippen molar-refractivity contribution < 1.29 is 14.3 Å². The Balaban J connectivity index is 2.77. The van der Waals surface area contributed by atoms with Gasteiger partial charge in [0.15, 0.2) is 0 Å². The third kappa shape index (κ3) is 2.30. The zero-order valence-electron chi connectivity index (χ0n) is 9.82. The van der Waals surface area contributed by atoms with Gasteiger partial charge in [0.25, 0.3) is 0 Å². The molecule has 1 amide bonds. The summed E-state index contributed by atoms with van der Waals surface area (Å²) in [6, 6.07) is 0.155. The average molecular weight is 213 g/mol. The molecule has 0 aromatic carbocycles. The van der Waals surface area contributed by atoms with Crippen molar-refractivity contribution in [1.82, 2.24) is 4.90 Å². The van der Waals surface area contributed by atoms with Crippen molar-refractivity contribution >= 4 is 11.9 Å². The molecule has 0 aromatic heterocycles. The smallest absolute Gasteiger partial charge is 0.310 e. The summed E-state index contributed by atoms with van der Waals surface area (Å²) in [6.45, 7) is 5.77. The van der Waals surface area contributed by atoms with Gasteiger partial charge >= 0.3 is 5.97 Å². The van der Waals surface area contributed by atoms with Gasteiger partial charge in [-0.2, -0.15) is 0 Å². The number of esters is 1. The molecule has 0 aliphatic carbocycles. The number of ether oxygens (including phenoxy) is 1. The predicted octanol–water partition coefficient (Wildman–Crippen LogP) is 1.19. The maximum atomic E-state index is 11.6. The molecule has 0 aromatic rings. The number of nitrogens with zero attached hydrogens (tertiary/aromatic N) is 1. The van der Waals surface area contributed by atoms with E-state index in [1.807, 2.05) is 25.7 Å². The van der Waals surface area contributed by atoms with Crippen molar-refractivity contribution in [2.75, 3.05) is 7.11 Å². The number of hydrogen-bond acceptors (Lipinski definition) is 3. The minimum absolute atomic E-state index is 0.00458. The van der Waals surface area contributed by atoms with Gasteiger partial charge in [-0.1, -0.05) is 0 Å². The lowest BCUT2D eigenvalue weighted by Crippen LogP contribution is -2.44. The highest BCUT2D eigenvalue weighted by atomic mass is 16.5. The monoisotopic (exact) mass is 213 g/mol. The summed E-state index contributed by atoms with van der Waals surface area (Å²) in [5, 5.41) is 0. The molecule has 4 nitrogen and oxygen atoms in total. The summed E-state index contributed by atoms with van der Waals surface area (Å²) in [5.41, 5.74) is 0. The van der Waals surface area contributed by atoms with Crippen molar-refractivity contribution in [2.24, 2.45) is 5.92 Å². The molecule has 2 atom stereocenters. The second kappa shape index (κ2) is 4.64. The number of carbonyl (C=O) groups is 2. The number of hydrogen-bond donors (Lipinski definition) is 0. The van der Waals surface area contributed by atoms with Gasteiger partial charge in [-0.3, -0.25) is 9.59 Å². The zero-order valence-corrected chi connectivity index (χ0v) is 9.82. The Hall–Kier alpha value is -1.06. The van der Waals surface area contributed by atoms with E-state index in [-0.39, 0.29) is 29.9 Å². The molecule has 4 heteroatoms. The first-order valence-electron chi connectivity index (χ1n) is 5.38. The van der Waals surface area contributed by atoms with Crippen LogP contribution >= 0.6 is 0 Å². The molecule has 86 valence electrons. The first kappa shape index (κ1) is 12.0. The number of methoxy groups -OCH3 is 1. The van der Waals surface area contributed by atoms with Crippen LogP contribution in [-0.4, -0.2) is 36.0 Å². The molecule has 0 saturated carbocycles. The lowest BCUT2D eigenvalue weighted by atomic mass is 9.99. The van der Waals surface area contributed by atoms with Crippen LogP contribution in [0.1, 0.15) is 33.6 Å². The van der Waals surface area contributed by atoms with Crippen LogP contribution in [0.2, 0.25) is 0 Å². The van der Waals surface area contributed by atoms with Gasteiger partial charge in [0.1, 0.15) is 0 Å². The van der Waals surface area contributed by atoms with E-state index >= 15 is 0 Å². The maximum Gasteiger partial charge on any atom is 0.310 e. The van der Waals surface area contributed by atoms with Gasteiger partial charge in [-0.15, -0.1) is 0 Å². The molecule has 0 spiro atoms. The van der Waals surface area contributed by atoms with Crippen molar-refractivity contribution in [3.63, 3.8) is 0 Å². The summed E-state index contributed by atoms with van der Waals surface area (Å²) in [5.74, 6) is -0.324. The Bertz CT molecular complexity index is 263. The van der Waals surface area contributed by atoms with Crippen LogP contribution in [0.15, 0.2) is 0 Å². The van der Waals surface area contributed by atoms with Crippen LogP contribution in [0.4, 0.5) is 0 Å². The number of amides is 1. The quantitative estimate of drug-likeness (QED) is 0.662. The first-order valence-corrected chi connectivity index (χ1v) is 5.38. The maximum absolute atomic E-state index is 11.6. The topological polar surface area (TPSA) is 46.6 Å². The average Bonchev–Trinajstić information content (AvgIpc) is 2.57. The fourth-order valence-electron chi connectivity index (χ4n) is 2.23. The Labute approximate surface area is 90.6 Å². The van der Waals surface area contributed by atoms with E-state index in [1.165, 1.54) is 7.11 Å².